The number of hydrogen-bond donors (Lipinski definition) is 1. The number of halogens is 1. The molecule has 106 valence electrons. The van der Waals surface area contributed by atoms with E-state index in [-0.39, 0.29) is 5.75 Å². The van der Waals surface area contributed by atoms with Crippen LogP contribution in [-0.4, -0.2) is 28.2 Å². The first-order valence-corrected chi connectivity index (χ1v) is 8.38. The van der Waals surface area contributed by atoms with Crippen LogP contribution in [0, 0.1) is 5.92 Å². The third-order valence-electron chi connectivity index (χ3n) is 3.24. The summed E-state index contributed by atoms with van der Waals surface area (Å²) in [6, 6.07) is 7.00. The molecule has 0 unspecified atom stereocenters. The van der Waals surface area contributed by atoms with Gasteiger partial charge in [-0.3, -0.25) is 0 Å². The fraction of sp³-hybridized carbons (Fsp3) is 0.538. The maximum Gasteiger partial charge on any atom is 0.215 e. The Morgan fingerprint density at radius 2 is 1.95 bits per heavy atom. The van der Waals surface area contributed by atoms with Gasteiger partial charge in [0.2, 0.25) is 10.0 Å². The van der Waals surface area contributed by atoms with E-state index < -0.39 is 10.0 Å². The Morgan fingerprint density at radius 3 is 2.63 bits per heavy atom. The van der Waals surface area contributed by atoms with Crippen LogP contribution in [-0.2, 0) is 20.5 Å². The summed E-state index contributed by atoms with van der Waals surface area (Å²) in [5, 5.41) is 0.485. The second kappa shape index (κ2) is 6.70. The van der Waals surface area contributed by atoms with Gasteiger partial charge in [0.1, 0.15) is 0 Å². The Kier molecular flexibility index (Phi) is 5.21. The van der Waals surface area contributed by atoms with Crippen LogP contribution in [0.5, 0.6) is 0 Å². The largest absolute Gasteiger partial charge is 0.381 e. The Hall–Kier alpha value is -0.620. The van der Waals surface area contributed by atoms with Crippen LogP contribution < -0.4 is 4.72 Å². The zero-order valence-electron chi connectivity index (χ0n) is 10.6. The van der Waals surface area contributed by atoms with E-state index in [4.69, 9.17) is 16.3 Å². The van der Waals surface area contributed by atoms with E-state index in [0.717, 1.165) is 26.1 Å². The van der Waals surface area contributed by atoms with Crippen molar-refractivity contribution < 1.29 is 13.2 Å². The molecule has 0 aliphatic carbocycles. The van der Waals surface area contributed by atoms with E-state index in [9.17, 15) is 8.42 Å². The minimum absolute atomic E-state index is 0.0735. The maximum atomic E-state index is 12.0. The summed E-state index contributed by atoms with van der Waals surface area (Å²) in [5.41, 5.74) is 0.628. The highest BCUT2D eigenvalue weighted by molar-refractivity contribution is 7.88. The first-order chi connectivity index (χ1) is 9.07. The van der Waals surface area contributed by atoms with E-state index in [1.807, 2.05) is 0 Å². The second-order valence-electron chi connectivity index (χ2n) is 4.75. The summed E-state index contributed by atoms with van der Waals surface area (Å²) >= 11 is 5.97. The number of nitrogens with one attached hydrogen (secondary N) is 1. The van der Waals surface area contributed by atoms with Gasteiger partial charge in [-0.05, 0) is 30.4 Å². The molecule has 1 N–H and O–H groups in total. The smallest absolute Gasteiger partial charge is 0.215 e. The molecule has 1 saturated heterocycles. The third kappa shape index (κ3) is 4.76. The molecule has 1 aliphatic heterocycles. The van der Waals surface area contributed by atoms with Gasteiger partial charge in [0.15, 0.2) is 0 Å². The lowest BCUT2D eigenvalue weighted by Crippen LogP contribution is -2.33. The number of sulfonamides is 1. The van der Waals surface area contributed by atoms with Crippen molar-refractivity contribution in [1.82, 2.24) is 4.72 Å². The van der Waals surface area contributed by atoms with Crippen molar-refractivity contribution in [2.45, 2.75) is 18.6 Å². The molecule has 0 aromatic heterocycles. The zero-order chi connectivity index (χ0) is 13.7. The molecule has 1 heterocycles. The topological polar surface area (TPSA) is 55.4 Å². The van der Waals surface area contributed by atoms with Crippen molar-refractivity contribution in [1.29, 1.82) is 0 Å². The van der Waals surface area contributed by atoms with Crippen molar-refractivity contribution in [2.75, 3.05) is 19.8 Å². The lowest BCUT2D eigenvalue weighted by molar-refractivity contribution is 0.0678. The van der Waals surface area contributed by atoms with E-state index in [1.165, 1.54) is 0 Å². The van der Waals surface area contributed by atoms with Gasteiger partial charge in [-0.15, -0.1) is 0 Å². The molecule has 1 fully saturated rings. The molecule has 2 rings (SSSR count). The normalized spacial score (nSPS) is 17.5. The lowest BCUT2D eigenvalue weighted by Gasteiger charge is -2.22. The molecular weight excluding hydrogens is 286 g/mol. The Morgan fingerprint density at radius 1 is 1.26 bits per heavy atom. The molecule has 1 aromatic carbocycles. The third-order valence-corrected chi connectivity index (χ3v) is 4.90. The molecule has 0 radical (unpaired) electrons. The van der Waals surface area contributed by atoms with Gasteiger partial charge in [-0.25, -0.2) is 13.1 Å². The van der Waals surface area contributed by atoms with Crippen molar-refractivity contribution in [2.24, 2.45) is 5.92 Å². The van der Waals surface area contributed by atoms with Crippen molar-refractivity contribution in [3.05, 3.63) is 34.9 Å². The van der Waals surface area contributed by atoms with E-state index >= 15 is 0 Å². The summed E-state index contributed by atoms with van der Waals surface area (Å²) in [4.78, 5) is 0. The SMILES string of the molecule is O=S(=O)(Cc1ccccc1Cl)NCC1CCOCC1. The fourth-order valence-electron chi connectivity index (χ4n) is 2.07. The fourth-order valence-corrected chi connectivity index (χ4v) is 3.60. The number of rotatable bonds is 5. The molecule has 4 nitrogen and oxygen atoms in total. The van der Waals surface area contributed by atoms with Crippen molar-refractivity contribution in [3.8, 4) is 0 Å². The van der Waals surface area contributed by atoms with Crippen LogP contribution in [0.3, 0.4) is 0 Å². The standard InChI is InChI=1S/C13H18ClNO3S/c14-13-4-2-1-3-12(13)10-19(16,17)15-9-11-5-7-18-8-6-11/h1-4,11,15H,5-10H2. The molecular formula is C13H18ClNO3S. The molecule has 0 spiro atoms. The molecule has 0 atom stereocenters. The second-order valence-corrected chi connectivity index (χ2v) is 6.97. The van der Waals surface area contributed by atoms with E-state index in [1.54, 1.807) is 24.3 Å². The van der Waals surface area contributed by atoms with Gasteiger partial charge in [0.05, 0.1) is 5.75 Å². The van der Waals surface area contributed by atoms with Crippen LogP contribution in [0.2, 0.25) is 5.02 Å². The highest BCUT2D eigenvalue weighted by Crippen LogP contribution is 2.18. The van der Waals surface area contributed by atoms with Gasteiger partial charge in [-0.1, -0.05) is 29.8 Å². The maximum absolute atomic E-state index is 12.0. The molecule has 6 heteroatoms. The Balaban J connectivity index is 1.90. The van der Waals surface area contributed by atoms with Gasteiger partial charge in [0.25, 0.3) is 0 Å². The lowest BCUT2D eigenvalue weighted by atomic mass is 10.0. The summed E-state index contributed by atoms with van der Waals surface area (Å²) < 4.78 is 31.9. The summed E-state index contributed by atoms with van der Waals surface area (Å²) in [7, 11) is -3.33. The highest BCUT2D eigenvalue weighted by atomic mass is 35.5. The van der Waals surface area contributed by atoms with Crippen LogP contribution >= 0.6 is 11.6 Å². The van der Waals surface area contributed by atoms with Gasteiger partial charge >= 0.3 is 0 Å². The summed E-state index contributed by atoms with van der Waals surface area (Å²) in [5.74, 6) is 0.297. The molecule has 0 bridgehead atoms. The number of benzene rings is 1. The summed E-state index contributed by atoms with van der Waals surface area (Å²) in [6.45, 7) is 1.92. The minimum Gasteiger partial charge on any atom is -0.381 e. The van der Waals surface area contributed by atoms with E-state index in [2.05, 4.69) is 4.72 Å². The van der Waals surface area contributed by atoms with Gasteiger partial charge in [-0.2, -0.15) is 0 Å². The van der Waals surface area contributed by atoms with Crippen molar-refractivity contribution in [3.63, 3.8) is 0 Å². The molecule has 1 aliphatic rings. The van der Waals surface area contributed by atoms with Crippen LogP contribution in [0.4, 0.5) is 0 Å². The van der Waals surface area contributed by atoms with Gasteiger partial charge in [0, 0.05) is 24.8 Å². The zero-order valence-corrected chi connectivity index (χ0v) is 12.2. The average Bonchev–Trinajstić information content (AvgIpc) is 2.40. The highest BCUT2D eigenvalue weighted by Gasteiger charge is 2.18. The Bertz CT molecular complexity index is 512. The van der Waals surface area contributed by atoms with Crippen LogP contribution in [0.15, 0.2) is 24.3 Å². The first-order valence-electron chi connectivity index (χ1n) is 6.35. The molecule has 1 aromatic rings. The quantitative estimate of drug-likeness (QED) is 0.907. The van der Waals surface area contributed by atoms with Crippen LogP contribution in [0.25, 0.3) is 0 Å². The number of ether oxygens (including phenoxy) is 1. The minimum atomic E-state index is -3.33. The molecule has 0 saturated carbocycles. The number of hydrogen-bond acceptors (Lipinski definition) is 3. The Labute approximate surface area is 119 Å². The monoisotopic (exact) mass is 303 g/mol. The summed E-state index contributed by atoms with van der Waals surface area (Å²) in [6.07, 6.45) is 1.82. The van der Waals surface area contributed by atoms with Gasteiger partial charge < -0.3 is 4.74 Å². The first kappa shape index (κ1) is 14.8. The van der Waals surface area contributed by atoms with Crippen LogP contribution in [0.1, 0.15) is 18.4 Å². The molecule has 0 amide bonds. The predicted octanol–water partition coefficient (Wildman–Crippen LogP) is 2.19. The molecule has 19 heavy (non-hydrogen) atoms. The van der Waals surface area contributed by atoms with Crippen molar-refractivity contribution >= 4 is 21.6 Å². The predicted molar refractivity (Wildman–Crippen MR) is 75.6 cm³/mol. The average molecular weight is 304 g/mol. The van der Waals surface area contributed by atoms with E-state index in [0.29, 0.717) is 23.0 Å².